The highest BCUT2D eigenvalue weighted by molar-refractivity contribution is 7.16. The first-order valence-electron chi connectivity index (χ1n) is 8.78. The number of methoxy groups -OCH3 is 1. The van der Waals surface area contributed by atoms with Crippen molar-refractivity contribution < 1.29 is 23.5 Å². The van der Waals surface area contributed by atoms with Gasteiger partial charge < -0.3 is 14.8 Å². The predicted octanol–water partition coefficient (Wildman–Crippen LogP) is 3.69. The van der Waals surface area contributed by atoms with Crippen molar-refractivity contribution in [2.75, 3.05) is 19.0 Å². The number of carbonyl (C=O) groups is 2. The van der Waals surface area contributed by atoms with Gasteiger partial charge >= 0.3 is 5.97 Å². The van der Waals surface area contributed by atoms with E-state index >= 15 is 0 Å². The van der Waals surface area contributed by atoms with Gasteiger partial charge in [-0.1, -0.05) is 6.92 Å². The first-order valence-corrected chi connectivity index (χ1v) is 9.59. The number of hydrogen-bond donors (Lipinski definition) is 1. The molecule has 0 saturated carbocycles. The van der Waals surface area contributed by atoms with E-state index in [4.69, 9.17) is 9.47 Å². The second-order valence-corrected chi connectivity index (χ2v) is 7.75. The number of hydrogen-bond acceptors (Lipinski definition) is 6. The number of fused-ring (bicyclic) bond motifs is 1. The average molecular weight is 402 g/mol. The molecule has 1 heterocycles. The Morgan fingerprint density at radius 2 is 2.21 bits per heavy atom. The minimum absolute atomic E-state index is 0.00862. The van der Waals surface area contributed by atoms with Gasteiger partial charge in [0.2, 0.25) is 0 Å². The van der Waals surface area contributed by atoms with E-state index < -0.39 is 24.3 Å². The topological polar surface area (TPSA) is 88.4 Å². The van der Waals surface area contributed by atoms with Gasteiger partial charge in [0.25, 0.3) is 5.91 Å². The number of nitrogens with zero attached hydrogens (tertiary/aromatic N) is 1. The molecule has 0 saturated heterocycles. The molecule has 1 amide bonds. The summed E-state index contributed by atoms with van der Waals surface area (Å²) in [5.41, 5.74) is 1.47. The van der Waals surface area contributed by atoms with Crippen LogP contribution < -0.4 is 10.1 Å². The number of esters is 1. The van der Waals surface area contributed by atoms with E-state index in [0.29, 0.717) is 16.5 Å². The van der Waals surface area contributed by atoms with Crippen LogP contribution in [0.4, 0.5) is 9.39 Å². The summed E-state index contributed by atoms with van der Waals surface area (Å²) in [6.45, 7) is 1.63. The van der Waals surface area contributed by atoms with Gasteiger partial charge in [0.05, 0.1) is 18.2 Å². The highest BCUT2D eigenvalue weighted by Gasteiger charge is 2.25. The molecule has 146 valence electrons. The Balaban J connectivity index is 1.63. The molecule has 0 fully saturated rings. The molecule has 0 aliphatic heterocycles. The standard InChI is InChI=1S/C20H19FN2O4S/c1-11-3-5-13-14(9-22)19(28-17(13)7-11)23-18(24)10-27-20(25)12-4-6-16(26-2)15(21)8-12/h4,6,8,11H,3,5,7,10H2,1-2H3,(H,23,24)/t11-/m0/s1. The van der Waals surface area contributed by atoms with Crippen LogP contribution >= 0.6 is 11.3 Å². The minimum atomic E-state index is -0.823. The van der Waals surface area contributed by atoms with Crippen LogP contribution in [-0.4, -0.2) is 25.6 Å². The highest BCUT2D eigenvalue weighted by atomic mass is 32.1. The molecule has 2 aromatic rings. The van der Waals surface area contributed by atoms with Crippen molar-refractivity contribution in [3.8, 4) is 11.8 Å². The fourth-order valence-corrected chi connectivity index (χ4v) is 4.50. The maximum atomic E-state index is 13.7. The lowest BCUT2D eigenvalue weighted by molar-refractivity contribution is -0.119. The van der Waals surface area contributed by atoms with Gasteiger partial charge in [-0.15, -0.1) is 11.3 Å². The number of thiophene rings is 1. The Hall–Kier alpha value is -2.92. The van der Waals surface area contributed by atoms with Crippen LogP contribution in [0.25, 0.3) is 0 Å². The number of amides is 1. The number of carbonyl (C=O) groups excluding carboxylic acids is 2. The fraction of sp³-hybridized carbons (Fsp3) is 0.350. The molecule has 1 aliphatic carbocycles. The summed E-state index contributed by atoms with van der Waals surface area (Å²) in [6, 6.07) is 5.81. The van der Waals surface area contributed by atoms with E-state index in [0.717, 1.165) is 35.8 Å². The van der Waals surface area contributed by atoms with E-state index in [1.54, 1.807) is 0 Å². The molecule has 8 heteroatoms. The Morgan fingerprint density at radius 1 is 1.43 bits per heavy atom. The third-order valence-electron chi connectivity index (χ3n) is 4.60. The Labute approximate surface area is 165 Å². The zero-order valence-corrected chi connectivity index (χ0v) is 16.3. The first kappa shape index (κ1) is 19.8. The predicted molar refractivity (Wildman–Crippen MR) is 102 cm³/mol. The molecule has 1 aliphatic rings. The second-order valence-electron chi connectivity index (χ2n) is 6.64. The normalized spacial score (nSPS) is 15.3. The lowest BCUT2D eigenvalue weighted by Crippen LogP contribution is -2.21. The van der Waals surface area contributed by atoms with E-state index in [1.807, 2.05) is 0 Å². The molecular weight excluding hydrogens is 383 g/mol. The SMILES string of the molecule is COc1ccc(C(=O)OCC(=O)Nc2sc3c(c2C#N)CC[C@H](C)C3)cc1F. The number of halogens is 1. The summed E-state index contributed by atoms with van der Waals surface area (Å²) >= 11 is 1.40. The lowest BCUT2D eigenvalue weighted by atomic mass is 9.89. The molecule has 1 atom stereocenters. The molecule has 1 aromatic carbocycles. The van der Waals surface area contributed by atoms with Crippen LogP contribution in [0, 0.1) is 23.1 Å². The number of anilines is 1. The molecule has 6 nitrogen and oxygen atoms in total. The van der Waals surface area contributed by atoms with E-state index in [-0.39, 0.29) is 11.3 Å². The summed E-state index contributed by atoms with van der Waals surface area (Å²) in [5, 5.41) is 12.6. The number of nitrogens with one attached hydrogen (secondary N) is 1. The maximum Gasteiger partial charge on any atom is 0.338 e. The fourth-order valence-electron chi connectivity index (χ4n) is 3.13. The largest absolute Gasteiger partial charge is 0.494 e. The summed E-state index contributed by atoms with van der Waals surface area (Å²) in [7, 11) is 1.32. The highest BCUT2D eigenvalue weighted by Crippen LogP contribution is 2.39. The van der Waals surface area contributed by atoms with Crippen LogP contribution in [0.5, 0.6) is 5.75 Å². The zero-order chi connectivity index (χ0) is 20.3. The van der Waals surface area contributed by atoms with Gasteiger partial charge in [0, 0.05) is 4.88 Å². The van der Waals surface area contributed by atoms with Crippen molar-refractivity contribution >= 4 is 28.2 Å². The molecule has 1 N–H and O–H groups in total. The minimum Gasteiger partial charge on any atom is -0.494 e. The number of rotatable bonds is 5. The van der Waals surface area contributed by atoms with Crippen LogP contribution in [0.2, 0.25) is 0 Å². The molecule has 28 heavy (non-hydrogen) atoms. The maximum absolute atomic E-state index is 13.7. The van der Waals surface area contributed by atoms with Crippen LogP contribution in [0.15, 0.2) is 18.2 Å². The molecule has 0 unspecified atom stereocenters. The zero-order valence-electron chi connectivity index (χ0n) is 15.5. The number of ether oxygens (including phenoxy) is 2. The average Bonchev–Trinajstić information content (AvgIpc) is 3.01. The Morgan fingerprint density at radius 3 is 2.89 bits per heavy atom. The van der Waals surface area contributed by atoms with Crippen molar-refractivity contribution in [3.63, 3.8) is 0 Å². The molecule has 0 spiro atoms. The van der Waals surface area contributed by atoms with Gasteiger partial charge in [-0.2, -0.15) is 5.26 Å². The molecular formula is C20H19FN2O4S. The van der Waals surface area contributed by atoms with Gasteiger partial charge in [0.15, 0.2) is 18.2 Å². The van der Waals surface area contributed by atoms with Crippen molar-refractivity contribution in [2.45, 2.75) is 26.2 Å². The van der Waals surface area contributed by atoms with Crippen LogP contribution in [-0.2, 0) is 22.4 Å². The van der Waals surface area contributed by atoms with Crippen molar-refractivity contribution in [2.24, 2.45) is 5.92 Å². The smallest absolute Gasteiger partial charge is 0.338 e. The lowest BCUT2D eigenvalue weighted by Gasteiger charge is -2.17. The summed E-state index contributed by atoms with van der Waals surface area (Å²) < 4.78 is 23.4. The van der Waals surface area contributed by atoms with Crippen molar-refractivity contribution in [1.29, 1.82) is 5.26 Å². The molecule has 0 radical (unpaired) electrons. The second kappa shape index (κ2) is 8.40. The Bertz CT molecular complexity index is 964. The van der Waals surface area contributed by atoms with E-state index in [1.165, 1.54) is 30.6 Å². The van der Waals surface area contributed by atoms with Gasteiger partial charge in [-0.3, -0.25) is 4.79 Å². The summed E-state index contributed by atoms with van der Waals surface area (Å²) in [4.78, 5) is 25.3. The van der Waals surface area contributed by atoms with Gasteiger partial charge in [0.1, 0.15) is 11.1 Å². The molecule has 0 bridgehead atoms. The quantitative estimate of drug-likeness (QED) is 0.771. The summed E-state index contributed by atoms with van der Waals surface area (Å²) in [6.07, 6.45) is 2.73. The molecule has 3 rings (SSSR count). The van der Waals surface area contributed by atoms with Gasteiger partial charge in [-0.25, -0.2) is 9.18 Å². The van der Waals surface area contributed by atoms with E-state index in [9.17, 15) is 19.2 Å². The number of benzene rings is 1. The third-order valence-corrected chi connectivity index (χ3v) is 5.77. The summed E-state index contributed by atoms with van der Waals surface area (Å²) in [5.74, 6) is -1.51. The van der Waals surface area contributed by atoms with Gasteiger partial charge in [-0.05, 0) is 48.9 Å². The Kier molecular flexibility index (Phi) is 5.95. The van der Waals surface area contributed by atoms with Crippen molar-refractivity contribution in [1.82, 2.24) is 0 Å². The van der Waals surface area contributed by atoms with E-state index in [2.05, 4.69) is 18.3 Å². The monoisotopic (exact) mass is 402 g/mol. The third kappa shape index (κ3) is 4.15. The van der Waals surface area contributed by atoms with Crippen LogP contribution in [0.1, 0.15) is 39.7 Å². The van der Waals surface area contributed by atoms with Crippen molar-refractivity contribution in [3.05, 3.63) is 45.6 Å². The first-order chi connectivity index (χ1) is 13.4. The molecule has 1 aromatic heterocycles. The number of nitriles is 1. The van der Waals surface area contributed by atoms with Crippen LogP contribution in [0.3, 0.4) is 0 Å².